The molecule has 0 saturated heterocycles. The molecule has 2 aromatic rings. The van der Waals surface area contributed by atoms with Crippen LogP contribution in [0.1, 0.15) is 20.8 Å². The number of sulfonamides is 1. The first-order valence-corrected chi connectivity index (χ1v) is 10.9. The van der Waals surface area contributed by atoms with E-state index in [1.165, 1.54) is 58.8 Å². The third-order valence-corrected chi connectivity index (χ3v) is 5.40. The van der Waals surface area contributed by atoms with Crippen LogP contribution >= 0.6 is 0 Å². The molecule has 0 radical (unpaired) electrons. The van der Waals surface area contributed by atoms with Crippen LogP contribution in [0.4, 0.5) is 16.2 Å². The number of hydrogen-bond acceptors (Lipinski definition) is 8. The number of ether oxygens (including phenoxy) is 5. The zero-order valence-electron chi connectivity index (χ0n) is 19.1. The Kier molecular flexibility index (Phi) is 7.68. The van der Waals surface area contributed by atoms with E-state index in [1.54, 1.807) is 20.8 Å². The van der Waals surface area contributed by atoms with Gasteiger partial charge in [-0.25, -0.2) is 13.2 Å². The van der Waals surface area contributed by atoms with E-state index in [1.807, 2.05) is 0 Å². The zero-order valence-corrected chi connectivity index (χ0v) is 19.9. The molecule has 0 saturated carbocycles. The molecular formula is C21H28N2O8S. The van der Waals surface area contributed by atoms with Crippen molar-refractivity contribution in [1.82, 2.24) is 0 Å². The number of hydrogen-bond donors (Lipinski definition) is 2. The largest absolute Gasteiger partial charge is 0.495 e. The maximum absolute atomic E-state index is 13.0. The quantitative estimate of drug-likeness (QED) is 0.599. The standard InChI is InChI=1S/C21H28N2O8S/c1-21(2,3)31-20(24)22-15-10-13(8-9-16(15)27-4)23-32(25,26)14-11-17(28-5)19(30-7)18(12-14)29-6/h8-12,23H,1-7H3,(H,22,24). The van der Waals surface area contributed by atoms with E-state index in [2.05, 4.69) is 10.0 Å². The van der Waals surface area contributed by atoms with Gasteiger partial charge >= 0.3 is 6.09 Å². The van der Waals surface area contributed by atoms with Gasteiger partial charge in [-0.1, -0.05) is 0 Å². The van der Waals surface area contributed by atoms with Crippen molar-refractivity contribution in [2.24, 2.45) is 0 Å². The molecule has 11 heteroatoms. The Morgan fingerprint density at radius 2 is 1.41 bits per heavy atom. The van der Waals surface area contributed by atoms with Crippen LogP contribution in [-0.4, -0.2) is 48.6 Å². The smallest absolute Gasteiger partial charge is 0.412 e. The Hall–Kier alpha value is -3.34. The first-order chi connectivity index (χ1) is 14.9. The highest BCUT2D eigenvalue weighted by Crippen LogP contribution is 2.40. The van der Waals surface area contributed by atoms with Gasteiger partial charge in [0, 0.05) is 12.1 Å². The van der Waals surface area contributed by atoms with Crippen LogP contribution in [0.5, 0.6) is 23.0 Å². The summed E-state index contributed by atoms with van der Waals surface area (Å²) in [6.07, 6.45) is -0.708. The minimum absolute atomic E-state index is 0.107. The van der Waals surface area contributed by atoms with Crippen LogP contribution in [0.2, 0.25) is 0 Å². The molecule has 0 aliphatic carbocycles. The van der Waals surface area contributed by atoms with Crippen LogP contribution in [0.25, 0.3) is 0 Å². The van der Waals surface area contributed by atoms with E-state index in [-0.39, 0.29) is 33.5 Å². The number of carbonyl (C=O) groups excluding carboxylic acids is 1. The molecule has 2 rings (SSSR count). The number of methoxy groups -OCH3 is 4. The molecule has 2 N–H and O–H groups in total. The van der Waals surface area contributed by atoms with Crippen LogP contribution in [0.15, 0.2) is 35.2 Å². The number of rotatable bonds is 8. The molecule has 0 fully saturated rings. The molecule has 0 aromatic heterocycles. The van der Waals surface area contributed by atoms with Crippen molar-refractivity contribution >= 4 is 27.5 Å². The fourth-order valence-corrected chi connectivity index (χ4v) is 3.79. The van der Waals surface area contributed by atoms with E-state index in [0.29, 0.717) is 5.75 Å². The van der Waals surface area contributed by atoms with E-state index >= 15 is 0 Å². The van der Waals surface area contributed by atoms with Gasteiger partial charge in [-0.15, -0.1) is 0 Å². The third kappa shape index (κ3) is 6.10. The summed E-state index contributed by atoms with van der Waals surface area (Å²) in [6.45, 7) is 5.18. The van der Waals surface area contributed by atoms with E-state index in [0.717, 1.165) is 0 Å². The molecule has 0 bridgehead atoms. The SMILES string of the molecule is COc1ccc(NS(=O)(=O)c2cc(OC)c(OC)c(OC)c2)cc1NC(=O)OC(C)(C)C. The maximum atomic E-state index is 13.0. The van der Waals surface area contributed by atoms with Crippen molar-refractivity contribution in [2.75, 3.05) is 38.5 Å². The highest BCUT2D eigenvalue weighted by Gasteiger charge is 2.23. The highest BCUT2D eigenvalue weighted by atomic mass is 32.2. The van der Waals surface area contributed by atoms with Crippen molar-refractivity contribution < 1.29 is 36.9 Å². The van der Waals surface area contributed by atoms with Crippen LogP contribution in [0.3, 0.4) is 0 Å². The van der Waals surface area contributed by atoms with Crippen molar-refractivity contribution in [3.63, 3.8) is 0 Å². The monoisotopic (exact) mass is 468 g/mol. The number of anilines is 2. The molecule has 1 amide bonds. The summed E-state index contributed by atoms with van der Waals surface area (Å²) >= 11 is 0. The maximum Gasteiger partial charge on any atom is 0.412 e. The number of benzene rings is 2. The van der Waals surface area contributed by atoms with Gasteiger partial charge in [0.05, 0.1) is 44.7 Å². The lowest BCUT2D eigenvalue weighted by Gasteiger charge is -2.20. The molecule has 0 aliphatic rings. The van der Waals surface area contributed by atoms with E-state index in [4.69, 9.17) is 23.7 Å². The summed E-state index contributed by atoms with van der Waals surface area (Å²) in [4.78, 5) is 12.0. The van der Waals surface area contributed by atoms with Gasteiger partial charge in [-0.2, -0.15) is 0 Å². The zero-order chi connectivity index (χ0) is 24.1. The molecule has 0 heterocycles. The molecule has 0 atom stereocenters. The fraction of sp³-hybridized carbons (Fsp3) is 0.381. The van der Waals surface area contributed by atoms with Gasteiger partial charge in [0.25, 0.3) is 10.0 Å². The van der Waals surface area contributed by atoms with Gasteiger partial charge in [-0.3, -0.25) is 10.0 Å². The predicted molar refractivity (Wildman–Crippen MR) is 120 cm³/mol. The van der Waals surface area contributed by atoms with Gasteiger partial charge in [-0.05, 0) is 39.0 Å². The lowest BCUT2D eigenvalue weighted by Crippen LogP contribution is -2.27. The average Bonchev–Trinajstić information content (AvgIpc) is 2.71. The Morgan fingerprint density at radius 1 is 0.844 bits per heavy atom. The molecule has 176 valence electrons. The van der Waals surface area contributed by atoms with E-state index < -0.39 is 21.7 Å². The molecule has 0 spiro atoms. The first-order valence-electron chi connectivity index (χ1n) is 9.45. The highest BCUT2D eigenvalue weighted by molar-refractivity contribution is 7.92. The molecule has 10 nitrogen and oxygen atoms in total. The summed E-state index contributed by atoms with van der Waals surface area (Å²) in [5.41, 5.74) is -0.291. The lowest BCUT2D eigenvalue weighted by atomic mass is 10.2. The molecule has 0 aliphatic heterocycles. The number of carbonyl (C=O) groups is 1. The van der Waals surface area contributed by atoms with Gasteiger partial charge in [0.15, 0.2) is 11.5 Å². The van der Waals surface area contributed by atoms with Crippen LogP contribution in [0, 0.1) is 0 Å². The molecule has 2 aromatic carbocycles. The summed E-state index contributed by atoms with van der Waals surface area (Å²) < 4.78 is 54.6. The van der Waals surface area contributed by atoms with Gasteiger partial charge in [0.1, 0.15) is 11.4 Å². The minimum Gasteiger partial charge on any atom is -0.495 e. The summed E-state index contributed by atoms with van der Waals surface area (Å²) in [7, 11) is 1.57. The Bertz CT molecular complexity index is 1050. The van der Waals surface area contributed by atoms with Crippen molar-refractivity contribution in [3.05, 3.63) is 30.3 Å². The van der Waals surface area contributed by atoms with Crippen molar-refractivity contribution in [2.45, 2.75) is 31.3 Å². The Labute approximate surface area is 187 Å². The van der Waals surface area contributed by atoms with Gasteiger partial charge < -0.3 is 23.7 Å². The third-order valence-electron chi connectivity index (χ3n) is 4.04. The minimum atomic E-state index is -4.05. The van der Waals surface area contributed by atoms with Crippen molar-refractivity contribution in [3.8, 4) is 23.0 Å². The fourth-order valence-electron chi connectivity index (χ4n) is 2.71. The average molecular weight is 469 g/mol. The molecular weight excluding hydrogens is 440 g/mol. The van der Waals surface area contributed by atoms with Crippen LogP contribution < -0.4 is 29.0 Å². The molecule has 32 heavy (non-hydrogen) atoms. The second kappa shape index (κ2) is 9.86. The van der Waals surface area contributed by atoms with Crippen LogP contribution in [-0.2, 0) is 14.8 Å². The predicted octanol–water partition coefficient (Wildman–Crippen LogP) is 3.87. The Balaban J connectivity index is 2.38. The first kappa shape index (κ1) is 24.9. The number of amides is 1. The number of nitrogens with one attached hydrogen (secondary N) is 2. The molecule has 0 unspecified atom stereocenters. The summed E-state index contributed by atoms with van der Waals surface area (Å²) in [5, 5.41) is 2.56. The second-order valence-corrected chi connectivity index (χ2v) is 9.19. The lowest BCUT2D eigenvalue weighted by molar-refractivity contribution is 0.0635. The van der Waals surface area contributed by atoms with Gasteiger partial charge in [0.2, 0.25) is 5.75 Å². The topological polar surface area (TPSA) is 121 Å². The summed E-state index contributed by atoms with van der Waals surface area (Å²) in [5.74, 6) is 0.970. The second-order valence-electron chi connectivity index (χ2n) is 7.51. The van der Waals surface area contributed by atoms with E-state index in [9.17, 15) is 13.2 Å². The van der Waals surface area contributed by atoms with Crippen molar-refractivity contribution in [1.29, 1.82) is 0 Å². The Morgan fingerprint density at radius 3 is 1.88 bits per heavy atom. The summed E-state index contributed by atoms with van der Waals surface area (Å²) in [6, 6.07) is 7.05. The normalized spacial score (nSPS) is 11.3.